The Morgan fingerprint density at radius 1 is 1.00 bits per heavy atom. The lowest BCUT2D eigenvalue weighted by Gasteiger charge is -2.23. The molecule has 0 unspecified atom stereocenters. The summed E-state index contributed by atoms with van der Waals surface area (Å²) in [5.41, 5.74) is 0.951. The molecule has 0 radical (unpaired) electrons. The molecule has 2 aromatic heterocycles. The molecule has 0 fully saturated rings. The maximum atomic E-state index is 13.7. The molecule has 2 heterocycles. The van der Waals surface area contributed by atoms with Gasteiger partial charge in [-0.1, -0.05) is 24.3 Å². The van der Waals surface area contributed by atoms with E-state index in [0.717, 1.165) is 16.8 Å². The van der Waals surface area contributed by atoms with Crippen LogP contribution in [0.15, 0.2) is 76.2 Å². The molecule has 0 saturated carbocycles. The predicted octanol–water partition coefficient (Wildman–Crippen LogP) is 5.73. The topological polar surface area (TPSA) is 50.3 Å². The van der Waals surface area contributed by atoms with Crippen LogP contribution < -0.4 is 4.31 Å². The van der Waals surface area contributed by atoms with Crippen molar-refractivity contribution in [2.24, 2.45) is 0 Å². The van der Waals surface area contributed by atoms with Gasteiger partial charge in [0.1, 0.15) is 5.00 Å². The molecular formula is C20H13BrF2N2O2S2. The molecule has 0 spiro atoms. The van der Waals surface area contributed by atoms with Gasteiger partial charge in [-0.2, -0.15) is 0 Å². The number of thiophene rings is 1. The van der Waals surface area contributed by atoms with E-state index < -0.39 is 21.7 Å². The van der Waals surface area contributed by atoms with E-state index >= 15 is 0 Å². The first kappa shape index (κ1) is 19.9. The molecule has 0 amide bonds. The van der Waals surface area contributed by atoms with Crippen LogP contribution in [0.5, 0.6) is 0 Å². The Kier molecular flexibility index (Phi) is 5.37. The summed E-state index contributed by atoms with van der Waals surface area (Å²) >= 11 is 4.71. The Morgan fingerprint density at radius 2 is 1.76 bits per heavy atom. The number of hydrogen-bond acceptors (Lipinski definition) is 4. The smallest absolute Gasteiger partial charge is 0.254 e. The first-order chi connectivity index (χ1) is 13.9. The van der Waals surface area contributed by atoms with Crippen LogP contribution in [0, 0.1) is 11.6 Å². The van der Waals surface area contributed by atoms with Gasteiger partial charge >= 0.3 is 0 Å². The molecule has 2 aromatic carbocycles. The van der Waals surface area contributed by atoms with Gasteiger partial charge in [0.2, 0.25) is 0 Å². The van der Waals surface area contributed by atoms with Crippen molar-refractivity contribution in [2.45, 2.75) is 11.4 Å². The minimum absolute atomic E-state index is 0.0971. The van der Waals surface area contributed by atoms with E-state index in [1.807, 2.05) is 6.07 Å². The number of nitrogens with zero attached hydrogens (tertiary/aromatic N) is 2. The normalized spacial score (nSPS) is 11.7. The number of anilines is 1. The number of fused-ring (bicyclic) bond motifs is 1. The molecule has 0 N–H and O–H groups in total. The highest BCUT2D eigenvalue weighted by molar-refractivity contribution is 9.10. The number of hydrogen-bond donors (Lipinski definition) is 0. The third kappa shape index (κ3) is 3.77. The summed E-state index contributed by atoms with van der Waals surface area (Å²) in [7, 11) is -3.98. The van der Waals surface area contributed by atoms with Crippen molar-refractivity contribution in [1.82, 2.24) is 4.98 Å². The Labute approximate surface area is 178 Å². The minimum Gasteiger partial charge on any atom is -0.254 e. The fraction of sp³-hybridized carbons (Fsp3) is 0.0500. The molecule has 29 heavy (non-hydrogen) atoms. The van der Waals surface area contributed by atoms with Crippen molar-refractivity contribution in [3.8, 4) is 0 Å². The van der Waals surface area contributed by atoms with E-state index in [4.69, 9.17) is 0 Å². The summed E-state index contributed by atoms with van der Waals surface area (Å²) in [6.07, 6.45) is 1.62. The molecule has 0 aliphatic carbocycles. The number of pyridine rings is 1. The van der Waals surface area contributed by atoms with Crippen molar-refractivity contribution in [3.63, 3.8) is 0 Å². The quantitative estimate of drug-likeness (QED) is 0.355. The number of benzene rings is 2. The van der Waals surface area contributed by atoms with Gasteiger partial charge in [-0.05, 0) is 57.9 Å². The number of sulfonamides is 1. The standard InChI is InChI=1S/C20H13BrF2N2O2S2/c21-18-19-17(7-4-10-24-19)28-20(18)25(12-13-8-9-15(22)16(23)11-13)29(26,27)14-5-2-1-3-6-14/h1-11H,12H2. The zero-order chi connectivity index (χ0) is 20.6. The molecule has 148 valence electrons. The summed E-state index contributed by atoms with van der Waals surface area (Å²) in [6.45, 7) is -0.167. The molecule has 0 bridgehead atoms. The summed E-state index contributed by atoms with van der Waals surface area (Å²) in [4.78, 5) is 4.40. The van der Waals surface area contributed by atoms with Crippen molar-refractivity contribution in [2.75, 3.05) is 4.31 Å². The van der Waals surface area contributed by atoms with E-state index in [1.54, 1.807) is 30.5 Å². The van der Waals surface area contributed by atoms with Crippen molar-refractivity contribution >= 4 is 52.5 Å². The van der Waals surface area contributed by atoms with Crippen molar-refractivity contribution in [3.05, 3.63) is 88.5 Å². The van der Waals surface area contributed by atoms with Crippen molar-refractivity contribution in [1.29, 1.82) is 0 Å². The largest absolute Gasteiger partial charge is 0.265 e. The van der Waals surface area contributed by atoms with Crippen LogP contribution >= 0.6 is 27.3 Å². The van der Waals surface area contributed by atoms with Gasteiger partial charge in [0.25, 0.3) is 10.0 Å². The van der Waals surface area contributed by atoms with Crippen LogP contribution in [-0.4, -0.2) is 13.4 Å². The molecule has 0 atom stereocenters. The predicted molar refractivity (Wildman–Crippen MR) is 113 cm³/mol. The second kappa shape index (κ2) is 7.81. The van der Waals surface area contributed by atoms with Crippen LogP contribution in [-0.2, 0) is 16.6 Å². The van der Waals surface area contributed by atoms with Crippen LogP contribution in [0.3, 0.4) is 0 Å². The molecular weight excluding hydrogens is 482 g/mol. The molecule has 0 saturated heterocycles. The number of aromatic nitrogens is 1. The van der Waals surface area contributed by atoms with E-state index in [-0.39, 0.29) is 11.4 Å². The fourth-order valence-corrected chi connectivity index (χ4v) is 6.61. The first-order valence-corrected chi connectivity index (χ1v) is 11.5. The Morgan fingerprint density at radius 3 is 2.45 bits per heavy atom. The zero-order valence-corrected chi connectivity index (χ0v) is 17.9. The Balaban J connectivity index is 1.88. The summed E-state index contributed by atoms with van der Waals surface area (Å²) in [5, 5.41) is 0.410. The lowest BCUT2D eigenvalue weighted by atomic mass is 10.2. The summed E-state index contributed by atoms with van der Waals surface area (Å²) < 4.78 is 56.5. The molecule has 0 aliphatic rings. The SMILES string of the molecule is O=S(=O)(c1ccccc1)N(Cc1ccc(F)c(F)c1)c1sc2cccnc2c1Br. The van der Waals surface area contributed by atoms with Gasteiger partial charge in [-0.25, -0.2) is 17.2 Å². The van der Waals surface area contributed by atoms with Gasteiger partial charge in [0.15, 0.2) is 11.6 Å². The molecule has 9 heteroatoms. The minimum atomic E-state index is -3.98. The van der Waals surface area contributed by atoms with Gasteiger partial charge in [0.05, 0.1) is 26.1 Å². The third-order valence-electron chi connectivity index (χ3n) is 4.24. The second-order valence-electron chi connectivity index (χ2n) is 6.14. The second-order valence-corrected chi connectivity index (χ2v) is 9.83. The highest BCUT2D eigenvalue weighted by Gasteiger charge is 2.29. The number of halogens is 3. The molecule has 0 aliphatic heterocycles. The molecule has 4 rings (SSSR count). The maximum absolute atomic E-state index is 13.7. The van der Waals surface area contributed by atoms with E-state index in [2.05, 4.69) is 20.9 Å². The first-order valence-electron chi connectivity index (χ1n) is 8.42. The average Bonchev–Trinajstić information content (AvgIpc) is 3.06. The Bertz CT molecular complexity index is 1290. The highest BCUT2D eigenvalue weighted by atomic mass is 79.9. The molecule has 4 aromatic rings. The Hall–Kier alpha value is -2.36. The van der Waals surface area contributed by atoms with Crippen LogP contribution in [0.25, 0.3) is 10.2 Å². The van der Waals surface area contributed by atoms with Crippen LogP contribution in [0.4, 0.5) is 13.8 Å². The summed E-state index contributed by atoms with van der Waals surface area (Å²) in [5.74, 6) is -2.02. The van der Waals surface area contributed by atoms with Crippen molar-refractivity contribution < 1.29 is 17.2 Å². The fourth-order valence-electron chi connectivity index (χ4n) is 2.84. The highest BCUT2D eigenvalue weighted by Crippen LogP contribution is 2.43. The van der Waals surface area contributed by atoms with E-state index in [9.17, 15) is 17.2 Å². The monoisotopic (exact) mass is 494 g/mol. The lowest BCUT2D eigenvalue weighted by molar-refractivity contribution is 0.507. The summed E-state index contributed by atoms with van der Waals surface area (Å²) in [6, 6.07) is 14.9. The van der Waals surface area contributed by atoms with E-state index in [0.29, 0.717) is 20.6 Å². The van der Waals surface area contributed by atoms with Gasteiger partial charge in [0, 0.05) is 6.20 Å². The average molecular weight is 495 g/mol. The van der Waals surface area contributed by atoms with E-state index in [1.165, 1.54) is 33.8 Å². The number of rotatable bonds is 5. The molecule has 4 nitrogen and oxygen atoms in total. The lowest BCUT2D eigenvalue weighted by Crippen LogP contribution is -2.30. The van der Waals surface area contributed by atoms with Gasteiger partial charge < -0.3 is 0 Å². The zero-order valence-electron chi connectivity index (χ0n) is 14.7. The third-order valence-corrected chi connectivity index (χ3v) is 8.30. The van der Waals surface area contributed by atoms with Crippen LogP contribution in [0.1, 0.15) is 5.56 Å². The maximum Gasteiger partial charge on any atom is 0.265 e. The van der Waals surface area contributed by atoms with Gasteiger partial charge in [-0.15, -0.1) is 11.3 Å². The van der Waals surface area contributed by atoms with Crippen LogP contribution in [0.2, 0.25) is 0 Å². The van der Waals surface area contributed by atoms with Gasteiger partial charge in [-0.3, -0.25) is 9.29 Å².